The van der Waals surface area contributed by atoms with Crippen LogP contribution in [-0.4, -0.2) is 17.6 Å². The number of rotatable bonds is 5. The maximum atomic E-state index is 5.97. The number of aromatic nitrogens is 1. The predicted octanol–water partition coefficient (Wildman–Crippen LogP) is 4.76. The van der Waals surface area contributed by atoms with Crippen molar-refractivity contribution < 1.29 is 0 Å². The molecule has 0 bridgehead atoms. The molecule has 0 radical (unpaired) electrons. The van der Waals surface area contributed by atoms with E-state index in [4.69, 9.17) is 11.6 Å². The van der Waals surface area contributed by atoms with Crippen LogP contribution in [0.2, 0.25) is 4.34 Å². The van der Waals surface area contributed by atoms with Crippen molar-refractivity contribution in [2.45, 2.75) is 52.0 Å². The van der Waals surface area contributed by atoms with Crippen LogP contribution in [0.5, 0.6) is 0 Å². The number of hydrogen-bond acceptors (Lipinski definition) is 3. The van der Waals surface area contributed by atoms with Gasteiger partial charge in [0.2, 0.25) is 0 Å². The van der Waals surface area contributed by atoms with E-state index in [0.29, 0.717) is 6.04 Å². The molecule has 0 spiro atoms. The van der Waals surface area contributed by atoms with Gasteiger partial charge in [-0.3, -0.25) is 0 Å². The van der Waals surface area contributed by atoms with Crippen LogP contribution in [0.1, 0.15) is 51.0 Å². The van der Waals surface area contributed by atoms with Crippen LogP contribution in [0, 0.1) is 5.92 Å². The fourth-order valence-electron chi connectivity index (χ4n) is 2.60. The zero-order valence-electron chi connectivity index (χ0n) is 11.8. The molecule has 1 aliphatic carbocycles. The Labute approximate surface area is 125 Å². The highest BCUT2D eigenvalue weighted by Gasteiger charge is 2.18. The summed E-state index contributed by atoms with van der Waals surface area (Å²) in [6.07, 6.45) is 10.8. The fraction of sp³-hybridized carbons (Fsp3) is 0.667. The molecule has 0 aliphatic heterocycles. The molecular weight excluding hydrogens is 276 g/mol. The van der Waals surface area contributed by atoms with Crippen LogP contribution in [0.25, 0.3) is 6.08 Å². The second-order valence-corrected chi connectivity index (χ2v) is 7.29. The first kappa shape index (κ1) is 15.0. The second kappa shape index (κ2) is 7.41. The van der Waals surface area contributed by atoms with Crippen LogP contribution >= 0.6 is 22.9 Å². The molecule has 0 aromatic carbocycles. The summed E-state index contributed by atoms with van der Waals surface area (Å²) in [6, 6.07) is 0.520. The van der Waals surface area contributed by atoms with Crippen molar-refractivity contribution in [1.82, 2.24) is 10.3 Å². The Balaban J connectivity index is 2.10. The zero-order valence-corrected chi connectivity index (χ0v) is 13.4. The number of hydrogen-bond donors (Lipinski definition) is 1. The molecule has 0 atom stereocenters. The van der Waals surface area contributed by atoms with Crippen LogP contribution in [0.4, 0.5) is 0 Å². The fourth-order valence-corrected chi connectivity index (χ4v) is 3.51. The Hall–Kier alpha value is -0.380. The SMILES string of the molecule is CC(C)NC/C(=C/c1ncc(Cl)s1)C1CCCCC1. The normalized spacial score (nSPS) is 18.2. The van der Waals surface area contributed by atoms with Gasteiger partial charge in [0.1, 0.15) is 9.34 Å². The first-order valence-electron chi connectivity index (χ1n) is 7.20. The van der Waals surface area contributed by atoms with Gasteiger partial charge in [-0.2, -0.15) is 0 Å². The zero-order chi connectivity index (χ0) is 13.7. The largest absolute Gasteiger partial charge is 0.311 e. The van der Waals surface area contributed by atoms with Gasteiger partial charge in [-0.25, -0.2) is 4.98 Å². The van der Waals surface area contributed by atoms with E-state index in [0.717, 1.165) is 21.8 Å². The summed E-state index contributed by atoms with van der Waals surface area (Å²) in [5, 5.41) is 4.58. The van der Waals surface area contributed by atoms with Crippen LogP contribution in [0.3, 0.4) is 0 Å². The van der Waals surface area contributed by atoms with E-state index in [1.807, 2.05) is 0 Å². The van der Waals surface area contributed by atoms with E-state index in [2.05, 4.69) is 30.2 Å². The van der Waals surface area contributed by atoms with Gasteiger partial charge in [0.05, 0.1) is 6.20 Å². The van der Waals surface area contributed by atoms with E-state index in [-0.39, 0.29) is 0 Å². The topological polar surface area (TPSA) is 24.9 Å². The second-order valence-electron chi connectivity index (χ2n) is 5.59. The average molecular weight is 299 g/mol. The van der Waals surface area contributed by atoms with Gasteiger partial charge < -0.3 is 5.32 Å². The molecule has 1 N–H and O–H groups in total. The lowest BCUT2D eigenvalue weighted by Crippen LogP contribution is -2.27. The Bertz CT molecular complexity index is 420. The molecular formula is C15H23ClN2S. The van der Waals surface area contributed by atoms with E-state index in [1.54, 1.807) is 17.5 Å². The minimum absolute atomic E-state index is 0.520. The minimum Gasteiger partial charge on any atom is -0.311 e. The van der Waals surface area contributed by atoms with E-state index < -0.39 is 0 Å². The summed E-state index contributed by atoms with van der Waals surface area (Å²) >= 11 is 7.53. The third kappa shape index (κ3) is 4.90. The third-order valence-corrected chi connectivity index (χ3v) is 4.71. The van der Waals surface area contributed by atoms with Crippen molar-refractivity contribution >= 4 is 29.0 Å². The van der Waals surface area contributed by atoms with Crippen LogP contribution < -0.4 is 5.32 Å². The highest BCUT2D eigenvalue weighted by Crippen LogP contribution is 2.31. The first-order valence-corrected chi connectivity index (χ1v) is 8.40. The molecule has 2 nitrogen and oxygen atoms in total. The summed E-state index contributed by atoms with van der Waals surface area (Å²) in [6.45, 7) is 5.36. The molecule has 1 aromatic rings. The molecule has 106 valence electrons. The van der Waals surface area contributed by atoms with Gasteiger partial charge in [-0.15, -0.1) is 11.3 Å². The lowest BCUT2D eigenvalue weighted by Gasteiger charge is -2.25. The number of halogens is 1. The number of nitrogens with one attached hydrogen (secondary N) is 1. The van der Waals surface area contributed by atoms with Crippen molar-refractivity contribution in [3.05, 3.63) is 21.1 Å². The molecule has 1 aliphatic rings. The lowest BCUT2D eigenvalue weighted by atomic mass is 9.83. The predicted molar refractivity (Wildman–Crippen MR) is 84.8 cm³/mol. The Kier molecular flexibility index (Phi) is 5.86. The molecule has 0 amide bonds. The quantitative estimate of drug-likeness (QED) is 0.848. The van der Waals surface area contributed by atoms with Gasteiger partial charge in [0.25, 0.3) is 0 Å². The number of nitrogens with zero attached hydrogens (tertiary/aromatic N) is 1. The Morgan fingerprint density at radius 2 is 2.21 bits per heavy atom. The van der Waals surface area contributed by atoms with E-state index in [9.17, 15) is 0 Å². The highest BCUT2D eigenvalue weighted by atomic mass is 35.5. The lowest BCUT2D eigenvalue weighted by molar-refractivity contribution is 0.394. The summed E-state index contributed by atoms with van der Waals surface area (Å²) in [5.74, 6) is 0.725. The highest BCUT2D eigenvalue weighted by molar-refractivity contribution is 7.16. The van der Waals surface area contributed by atoms with Crippen molar-refractivity contribution in [3.63, 3.8) is 0 Å². The van der Waals surface area contributed by atoms with Crippen molar-refractivity contribution in [2.75, 3.05) is 6.54 Å². The summed E-state index contributed by atoms with van der Waals surface area (Å²) in [4.78, 5) is 4.36. The summed E-state index contributed by atoms with van der Waals surface area (Å²) in [7, 11) is 0. The molecule has 1 aromatic heterocycles. The summed E-state index contributed by atoms with van der Waals surface area (Å²) in [5.41, 5.74) is 1.50. The van der Waals surface area contributed by atoms with Crippen molar-refractivity contribution in [1.29, 1.82) is 0 Å². The maximum absolute atomic E-state index is 5.97. The average Bonchev–Trinajstić information content (AvgIpc) is 2.81. The van der Waals surface area contributed by atoms with E-state index in [1.165, 1.54) is 37.7 Å². The van der Waals surface area contributed by atoms with Crippen molar-refractivity contribution in [2.24, 2.45) is 5.92 Å². The molecule has 0 unspecified atom stereocenters. The molecule has 1 fully saturated rings. The third-order valence-electron chi connectivity index (χ3n) is 3.65. The Morgan fingerprint density at radius 1 is 1.47 bits per heavy atom. The van der Waals surface area contributed by atoms with Gasteiger partial charge in [0, 0.05) is 12.6 Å². The minimum atomic E-state index is 0.520. The molecule has 19 heavy (non-hydrogen) atoms. The monoisotopic (exact) mass is 298 g/mol. The smallest absolute Gasteiger partial charge is 0.117 e. The summed E-state index contributed by atoms with van der Waals surface area (Å²) < 4.78 is 0.770. The van der Waals surface area contributed by atoms with Crippen LogP contribution in [-0.2, 0) is 0 Å². The number of thiazole rings is 1. The molecule has 2 rings (SSSR count). The van der Waals surface area contributed by atoms with Gasteiger partial charge in [-0.05, 0) is 24.8 Å². The maximum Gasteiger partial charge on any atom is 0.117 e. The molecule has 4 heteroatoms. The Morgan fingerprint density at radius 3 is 2.79 bits per heavy atom. The molecule has 1 saturated carbocycles. The standard InChI is InChI=1S/C15H23ClN2S/c1-11(2)17-9-13(12-6-4-3-5-7-12)8-15-18-10-14(16)19-15/h8,10-12,17H,3-7,9H2,1-2H3/b13-8-. The van der Waals surface area contributed by atoms with Gasteiger partial charge >= 0.3 is 0 Å². The molecule has 0 saturated heterocycles. The van der Waals surface area contributed by atoms with E-state index >= 15 is 0 Å². The van der Waals surface area contributed by atoms with Gasteiger partial charge in [-0.1, -0.05) is 50.3 Å². The first-order chi connectivity index (χ1) is 9.15. The van der Waals surface area contributed by atoms with Gasteiger partial charge in [0.15, 0.2) is 0 Å². The molecule has 1 heterocycles. The van der Waals surface area contributed by atoms with Crippen molar-refractivity contribution in [3.8, 4) is 0 Å². The van der Waals surface area contributed by atoms with Crippen LogP contribution in [0.15, 0.2) is 11.8 Å².